The van der Waals surface area contributed by atoms with E-state index in [9.17, 15) is 5.11 Å². The van der Waals surface area contributed by atoms with Crippen LogP contribution in [0.5, 0.6) is 0 Å². The Morgan fingerprint density at radius 3 is 2.73 bits per heavy atom. The highest BCUT2D eigenvalue weighted by atomic mass is 127. The normalized spacial score (nSPS) is 27.9. The number of rotatable bonds is 7. The van der Waals surface area contributed by atoms with Gasteiger partial charge in [-0.3, -0.25) is 9.89 Å². The van der Waals surface area contributed by atoms with Crippen LogP contribution in [0.15, 0.2) is 4.99 Å². The monoisotopic (exact) mass is 482 g/mol. The Balaban J connectivity index is 0.00000338. The minimum Gasteiger partial charge on any atom is -0.396 e. The molecule has 7 heteroatoms. The van der Waals surface area contributed by atoms with Crippen LogP contribution in [0.1, 0.15) is 46.5 Å². The molecule has 0 spiro atoms. The minimum absolute atomic E-state index is 0. The molecule has 3 N–H and O–H groups in total. The third kappa shape index (κ3) is 6.80. The third-order valence-corrected chi connectivity index (χ3v) is 5.88. The van der Waals surface area contributed by atoms with Crippen LogP contribution in [0.4, 0.5) is 0 Å². The van der Waals surface area contributed by atoms with E-state index in [1.165, 1.54) is 25.9 Å². The van der Waals surface area contributed by atoms with E-state index < -0.39 is 0 Å². The number of likely N-dealkylation sites (tertiary alicyclic amines) is 1. The molecular formula is C19H39IN4O2. The van der Waals surface area contributed by atoms with Crippen LogP contribution in [-0.4, -0.2) is 74.6 Å². The first-order chi connectivity index (χ1) is 11.9. The minimum atomic E-state index is 0. The van der Waals surface area contributed by atoms with Crippen LogP contribution < -0.4 is 10.6 Å². The van der Waals surface area contributed by atoms with Gasteiger partial charge in [-0.1, -0.05) is 6.92 Å². The van der Waals surface area contributed by atoms with Crippen molar-refractivity contribution < 1.29 is 9.84 Å². The first kappa shape index (κ1) is 23.9. The van der Waals surface area contributed by atoms with Crippen LogP contribution in [0, 0.1) is 11.3 Å². The predicted octanol–water partition coefficient (Wildman–Crippen LogP) is 2.07. The number of aliphatic hydroxyl groups excluding tert-OH is 1. The molecule has 0 aromatic carbocycles. The van der Waals surface area contributed by atoms with E-state index in [0.717, 1.165) is 44.4 Å². The molecular weight excluding hydrogens is 443 g/mol. The molecule has 6 nitrogen and oxygen atoms in total. The molecule has 2 fully saturated rings. The summed E-state index contributed by atoms with van der Waals surface area (Å²) in [5.74, 6) is 1.62. The van der Waals surface area contributed by atoms with Crippen LogP contribution in [0.2, 0.25) is 0 Å². The molecule has 0 radical (unpaired) electrons. The SMILES string of the molecule is CN=C(NCC1(CCO)CCOC1)NCC(C)(C)N1CCCC(C)C1.I. The lowest BCUT2D eigenvalue weighted by atomic mass is 9.84. The van der Waals surface area contributed by atoms with Gasteiger partial charge >= 0.3 is 0 Å². The van der Waals surface area contributed by atoms with Crippen LogP contribution in [0.3, 0.4) is 0 Å². The number of aliphatic hydroxyl groups is 1. The molecule has 2 heterocycles. The van der Waals surface area contributed by atoms with Crippen molar-refractivity contribution >= 4 is 29.9 Å². The van der Waals surface area contributed by atoms with Gasteiger partial charge < -0.3 is 20.5 Å². The maximum atomic E-state index is 9.36. The zero-order valence-electron chi connectivity index (χ0n) is 17.0. The van der Waals surface area contributed by atoms with Crippen LogP contribution >= 0.6 is 24.0 Å². The smallest absolute Gasteiger partial charge is 0.191 e. The van der Waals surface area contributed by atoms with E-state index in [0.29, 0.717) is 6.61 Å². The maximum Gasteiger partial charge on any atom is 0.191 e. The number of guanidine groups is 1. The quantitative estimate of drug-likeness (QED) is 0.295. The average Bonchev–Trinajstić information content (AvgIpc) is 3.04. The lowest BCUT2D eigenvalue weighted by Gasteiger charge is -2.43. The second-order valence-corrected chi connectivity index (χ2v) is 8.56. The summed E-state index contributed by atoms with van der Waals surface area (Å²) in [5.41, 5.74) is 0.135. The van der Waals surface area contributed by atoms with Gasteiger partial charge in [-0.25, -0.2) is 0 Å². The maximum absolute atomic E-state index is 9.36. The number of nitrogens with one attached hydrogen (secondary N) is 2. The highest BCUT2D eigenvalue weighted by Crippen LogP contribution is 2.31. The summed E-state index contributed by atoms with van der Waals surface area (Å²) in [4.78, 5) is 6.97. The summed E-state index contributed by atoms with van der Waals surface area (Å²) >= 11 is 0. The number of ether oxygens (including phenoxy) is 1. The van der Waals surface area contributed by atoms with Gasteiger partial charge in [0.15, 0.2) is 5.96 Å². The topological polar surface area (TPSA) is 69.1 Å². The zero-order valence-corrected chi connectivity index (χ0v) is 19.3. The Morgan fingerprint density at radius 2 is 2.15 bits per heavy atom. The van der Waals surface area contributed by atoms with E-state index in [2.05, 4.69) is 41.3 Å². The van der Waals surface area contributed by atoms with Crippen molar-refractivity contribution in [3.05, 3.63) is 0 Å². The second kappa shape index (κ2) is 11.0. The van der Waals surface area contributed by atoms with Gasteiger partial charge in [0.2, 0.25) is 0 Å². The molecule has 2 aliphatic heterocycles. The van der Waals surface area contributed by atoms with Crippen molar-refractivity contribution in [1.82, 2.24) is 15.5 Å². The third-order valence-electron chi connectivity index (χ3n) is 5.88. The van der Waals surface area contributed by atoms with E-state index in [-0.39, 0.29) is 41.5 Å². The van der Waals surface area contributed by atoms with Crippen molar-refractivity contribution in [2.75, 3.05) is 53.0 Å². The first-order valence-corrected chi connectivity index (χ1v) is 9.79. The number of nitrogens with zero attached hydrogens (tertiary/aromatic N) is 2. The molecule has 0 aliphatic carbocycles. The molecule has 0 amide bonds. The van der Waals surface area contributed by atoms with E-state index >= 15 is 0 Å². The fourth-order valence-corrected chi connectivity index (χ4v) is 3.95. The predicted molar refractivity (Wildman–Crippen MR) is 118 cm³/mol. The number of hydrogen-bond acceptors (Lipinski definition) is 4. The van der Waals surface area contributed by atoms with Crippen molar-refractivity contribution in [2.24, 2.45) is 16.3 Å². The molecule has 154 valence electrons. The number of halogens is 1. The number of piperidine rings is 1. The van der Waals surface area contributed by atoms with Gasteiger partial charge in [-0.2, -0.15) is 0 Å². The molecule has 2 unspecified atom stereocenters. The van der Waals surface area contributed by atoms with Gasteiger partial charge in [0, 0.05) is 50.8 Å². The van der Waals surface area contributed by atoms with Crippen molar-refractivity contribution in [2.45, 2.75) is 52.0 Å². The Hall–Kier alpha value is -0.120. The summed E-state index contributed by atoms with van der Waals surface area (Å²) in [6.07, 6.45) is 4.41. The fourth-order valence-electron chi connectivity index (χ4n) is 3.95. The van der Waals surface area contributed by atoms with E-state index in [1.54, 1.807) is 0 Å². The number of hydrogen-bond donors (Lipinski definition) is 3. The second-order valence-electron chi connectivity index (χ2n) is 8.56. The van der Waals surface area contributed by atoms with Crippen LogP contribution in [0.25, 0.3) is 0 Å². The van der Waals surface area contributed by atoms with Gasteiger partial charge in [0.05, 0.1) is 6.61 Å². The molecule has 0 saturated carbocycles. The average molecular weight is 482 g/mol. The van der Waals surface area contributed by atoms with Gasteiger partial charge in [0.25, 0.3) is 0 Å². The molecule has 2 rings (SSSR count). The zero-order chi connectivity index (χ0) is 18.3. The fraction of sp³-hybridized carbons (Fsp3) is 0.947. The molecule has 2 aliphatic rings. The first-order valence-electron chi connectivity index (χ1n) is 9.79. The summed E-state index contributed by atoms with van der Waals surface area (Å²) in [6.45, 7) is 12.7. The van der Waals surface area contributed by atoms with Gasteiger partial charge in [-0.05, 0) is 52.0 Å². The Labute approximate surface area is 176 Å². The Morgan fingerprint density at radius 1 is 1.38 bits per heavy atom. The lowest BCUT2D eigenvalue weighted by molar-refractivity contribution is 0.0738. The molecule has 26 heavy (non-hydrogen) atoms. The molecule has 0 aromatic rings. The largest absolute Gasteiger partial charge is 0.396 e. The summed E-state index contributed by atoms with van der Waals surface area (Å²) in [6, 6.07) is 0. The molecule has 0 aromatic heterocycles. The molecule has 2 saturated heterocycles. The van der Waals surface area contributed by atoms with Crippen molar-refractivity contribution in [3.8, 4) is 0 Å². The van der Waals surface area contributed by atoms with Gasteiger partial charge in [-0.15, -0.1) is 24.0 Å². The summed E-state index contributed by atoms with van der Waals surface area (Å²) in [5, 5.41) is 16.3. The standard InChI is InChI=1S/C19H38N4O2.HI/c1-16-6-5-9-23(12-16)18(2,3)13-21-17(20-4)22-14-19(7-10-24)8-11-25-15-19;/h16,24H,5-15H2,1-4H3,(H2,20,21,22);1H. The van der Waals surface area contributed by atoms with Crippen molar-refractivity contribution in [3.63, 3.8) is 0 Å². The summed E-state index contributed by atoms with van der Waals surface area (Å²) < 4.78 is 5.56. The van der Waals surface area contributed by atoms with Gasteiger partial charge in [0.1, 0.15) is 0 Å². The van der Waals surface area contributed by atoms with E-state index in [4.69, 9.17) is 4.74 Å². The lowest BCUT2D eigenvalue weighted by Crippen LogP contribution is -2.56. The molecule has 0 bridgehead atoms. The number of aliphatic imine (C=N–C) groups is 1. The van der Waals surface area contributed by atoms with Crippen LogP contribution in [-0.2, 0) is 4.74 Å². The highest BCUT2D eigenvalue weighted by Gasteiger charge is 2.35. The van der Waals surface area contributed by atoms with Crippen molar-refractivity contribution in [1.29, 1.82) is 0 Å². The summed E-state index contributed by atoms with van der Waals surface area (Å²) in [7, 11) is 1.81. The Bertz CT molecular complexity index is 439. The Kier molecular flexibility index (Phi) is 10.1. The van der Waals surface area contributed by atoms with E-state index in [1.807, 2.05) is 7.05 Å². The highest BCUT2D eigenvalue weighted by molar-refractivity contribution is 14.0. The molecule has 2 atom stereocenters.